The Morgan fingerprint density at radius 2 is 1.56 bits per heavy atom. The molecule has 0 heterocycles. The van der Waals surface area contributed by atoms with Gasteiger partial charge in [-0.3, -0.25) is 0 Å². The Kier molecular flexibility index (Phi) is 7.46. The Bertz CT molecular complexity index is 221. The summed E-state index contributed by atoms with van der Waals surface area (Å²) in [5.74, 6) is 0.547. The molecular formula is C16H34O2. The molecule has 2 atom stereocenters. The van der Waals surface area contributed by atoms with Crippen LogP contribution in [0, 0.1) is 11.3 Å². The summed E-state index contributed by atoms with van der Waals surface area (Å²) in [5, 5.41) is 0. The van der Waals surface area contributed by atoms with Crippen molar-refractivity contribution in [3.8, 4) is 0 Å². The van der Waals surface area contributed by atoms with E-state index in [9.17, 15) is 0 Å². The molecule has 0 amide bonds. The van der Waals surface area contributed by atoms with Crippen molar-refractivity contribution in [2.24, 2.45) is 11.3 Å². The van der Waals surface area contributed by atoms with E-state index in [0.29, 0.717) is 5.92 Å². The van der Waals surface area contributed by atoms with Gasteiger partial charge >= 0.3 is 0 Å². The lowest BCUT2D eigenvalue weighted by molar-refractivity contribution is -0.403. The molecule has 0 saturated heterocycles. The van der Waals surface area contributed by atoms with Gasteiger partial charge in [0, 0.05) is 0 Å². The average molecular weight is 258 g/mol. The summed E-state index contributed by atoms with van der Waals surface area (Å²) in [7, 11) is 0. The van der Waals surface area contributed by atoms with E-state index in [0.717, 1.165) is 25.7 Å². The van der Waals surface area contributed by atoms with Crippen LogP contribution in [0.5, 0.6) is 0 Å². The zero-order valence-electron chi connectivity index (χ0n) is 13.8. The first-order valence-electron chi connectivity index (χ1n) is 7.56. The number of rotatable bonds is 9. The molecule has 0 saturated carbocycles. The summed E-state index contributed by atoms with van der Waals surface area (Å²) in [6.07, 6.45) is 4.62. The topological polar surface area (TPSA) is 18.5 Å². The third-order valence-electron chi connectivity index (χ3n) is 4.75. The SMILES string of the molecule is CCCC(OOC(C)(C)C(C)(C)CC)C(C)CC. The van der Waals surface area contributed by atoms with E-state index in [-0.39, 0.29) is 17.1 Å². The molecule has 18 heavy (non-hydrogen) atoms. The highest BCUT2D eigenvalue weighted by molar-refractivity contribution is 4.85. The van der Waals surface area contributed by atoms with Crippen molar-refractivity contribution in [3.05, 3.63) is 0 Å². The van der Waals surface area contributed by atoms with Crippen LogP contribution in [0.4, 0.5) is 0 Å². The zero-order chi connectivity index (χ0) is 14.4. The summed E-state index contributed by atoms with van der Waals surface area (Å²) >= 11 is 0. The standard InChI is InChI=1S/C16H34O2/c1-9-12-14(13(4)10-2)17-18-16(7,8)15(5,6)11-3/h13-14H,9-12H2,1-8H3. The maximum atomic E-state index is 5.82. The van der Waals surface area contributed by atoms with Gasteiger partial charge in [-0.15, -0.1) is 0 Å². The van der Waals surface area contributed by atoms with Gasteiger partial charge < -0.3 is 0 Å². The second-order valence-corrected chi connectivity index (χ2v) is 6.64. The molecule has 0 aliphatic heterocycles. The molecule has 0 fully saturated rings. The fourth-order valence-corrected chi connectivity index (χ4v) is 1.70. The fourth-order valence-electron chi connectivity index (χ4n) is 1.70. The third-order valence-corrected chi connectivity index (χ3v) is 4.75. The average Bonchev–Trinajstić information content (AvgIpc) is 2.33. The molecule has 2 unspecified atom stereocenters. The van der Waals surface area contributed by atoms with Crippen LogP contribution in [0.3, 0.4) is 0 Å². The normalized spacial score (nSPS) is 16.7. The molecule has 0 spiro atoms. The molecule has 0 N–H and O–H groups in total. The first kappa shape index (κ1) is 17.9. The van der Waals surface area contributed by atoms with Crippen molar-refractivity contribution in [1.29, 1.82) is 0 Å². The molecule has 2 heteroatoms. The molecule has 0 aromatic heterocycles. The van der Waals surface area contributed by atoms with Crippen molar-refractivity contribution in [2.45, 2.75) is 92.8 Å². The first-order chi connectivity index (χ1) is 8.21. The Hall–Kier alpha value is -0.0800. The summed E-state index contributed by atoms with van der Waals surface area (Å²) in [6.45, 7) is 17.5. The van der Waals surface area contributed by atoms with Gasteiger partial charge in [0.1, 0.15) is 5.60 Å². The quantitative estimate of drug-likeness (QED) is 0.409. The lowest BCUT2D eigenvalue weighted by Crippen LogP contribution is -2.42. The van der Waals surface area contributed by atoms with Crippen LogP contribution in [0.15, 0.2) is 0 Å². The summed E-state index contributed by atoms with van der Waals surface area (Å²) in [4.78, 5) is 11.6. The fraction of sp³-hybridized carbons (Fsp3) is 1.00. The van der Waals surface area contributed by atoms with E-state index in [1.807, 2.05) is 0 Å². The maximum absolute atomic E-state index is 5.82. The van der Waals surface area contributed by atoms with Crippen LogP contribution >= 0.6 is 0 Å². The van der Waals surface area contributed by atoms with Crippen LogP contribution in [-0.4, -0.2) is 11.7 Å². The second kappa shape index (κ2) is 7.49. The Labute approximate surface area is 114 Å². The van der Waals surface area contributed by atoms with Crippen molar-refractivity contribution >= 4 is 0 Å². The Balaban J connectivity index is 4.50. The second-order valence-electron chi connectivity index (χ2n) is 6.64. The molecule has 0 radical (unpaired) electrons. The van der Waals surface area contributed by atoms with Gasteiger partial charge in [-0.05, 0) is 38.0 Å². The lowest BCUT2D eigenvalue weighted by Gasteiger charge is -2.40. The smallest absolute Gasteiger partial charge is 0.103 e. The van der Waals surface area contributed by atoms with Gasteiger partial charge in [0.2, 0.25) is 0 Å². The van der Waals surface area contributed by atoms with E-state index in [4.69, 9.17) is 9.78 Å². The van der Waals surface area contributed by atoms with Crippen LogP contribution in [-0.2, 0) is 9.78 Å². The summed E-state index contributed by atoms with van der Waals surface area (Å²) in [6, 6.07) is 0. The Morgan fingerprint density at radius 3 is 1.94 bits per heavy atom. The highest BCUT2D eigenvalue weighted by atomic mass is 17.2. The lowest BCUT2D eigenvalue weighted by atomic mass is 9.75. The zero-order valence-corrected chi connectivity index (χ0v) is 13.8. The summed E-state index contributed by atoms with van der Waals surface area (Å²) in [5.41, 5.74) is -0.152. The van der Waals surface area contributed by atoms with Crippen LogP contribution in [0.1, 0.15) is 81.1 Å². The van der Waals surface area contributed by atoms with Gasteiger partial charge in [-0.1, -0.05) is 54.4 Å². The number of hydrogen-bond donors (Lipinski definition) is 0. The van der Waals surface area contributed by atoms with Gasteiger partial charge in [-0.25, -0.2) is 9.78 Å². The van der Waals surface area contributed by atoms with E-state index >= 15 is 0 Å². The predicted octanol–water partition coefficient (Wildman–Crippen LogP) is 5.36. The Morgan fingerprint density at radius 1 is 1.00 bits per heavy atom. The van der Waals surface area contributed by atoms with E-state index in [2.05, 4.69) is 55.4 Å². The molecule has 0 aliphatic rings. The van der Waals surface area contributed by atoms with Crippen LogP contribution in [0.2, 0.25) is 0 Å². The van der Waals surface area contributed by atoms with Gasteiger partial charge in [0.15, 0.2) is 0 Å². The van der Waals surface area contributed by atoms with Gasteiger partial charge in [0.05, 0.1) is 6.10 Å². The first-order valence-corrected chi connectivity index (χ1v) is 7.56. The molecule has 0 aromatic rings. The van der Waals surface area contributed by atoms with E-state index in [1.54, 1.807) is 0 Å². The van der Waals surface area contributed by atoms with Crippen molar-refractivity contribution in [2.75, 3.05) is 0 Å². The van der Waals surface area contributed by atoms with E-state index < -0.39 is 0 Å². The van der Waals surface area contributed by atoms with Crippen molar-refractivity contribution in [1.82, 2.24) is 0 Å². The molecule has 110 valence electrons. The highest BCUT2D eigenvalue weighted by Crippen LogP contribution is 2.37. The predicted molar refractivity (Wildman–Crippen MR) is 78.5 cm³/mol. The molecule has 0 aliphatic carbocycles. The molecule has 0 bridgehead atoms. The minimum Gasteiger partial charge on any atom is -0.233 e. The largest absolute Gasteiger partial charge is 0.233 e. The van der Waals surface area contributed by atoms with Crippen LogP contribution < -0.4 is 0 Å². The molecule has 2 nitrogen and oxygen atoms in total. The summed E-state index contributed by atoms with van der Waals surface area (Å²) < 4.78 is 0. The third kappa shape index (κ3) is 4.89. The van der Waals surface area contributed by atoms with Crippen molar-refractivity contribution < 1.29 is 9.78 Å². The van der Waals surface area contributed by atoms with Gasteiger partial charge in [0.25, 0.3) is 0 Å². The number of hydrogen-bond acceptors (Lipinski definition) is 2. The highest BCUT2D eigenvalue weighted by Gasteiger charge is 2.38. The monoisotopic (exact) mass is 258 g/mol. The van der Waals surface area contributed by atoms with Crippen LogP contribution in [0.25, 0.3) is 0 Å². The van der Waals surface area contributed by atoms with E-state index in [1.165, 1.54) is 0 Å². The maximum Gasteiger partial charge on any atom is 0.103 e. The minimum absolute atomic E-state index is 0.110. The minimum atomic E-state index is -0.263. The molecule has 0 rings (SSSR count). The molecule has 0 aromatic carbocycles. The van der Waals surface area contributed by atoms with Crippen molar-refractivity contribution in [3.63, 3.8) is 0 Å². The molecular weight excluding hydrogens is 224 g/mol. The van der Waals surface area contributed by atoms with Gasteiger partial charge in [-0.2, -0.15) is 0 Å².